The summed E-state index contributed by atoms with van der Waals surface area (Å²) in [6.07, 6.45) is 4.42. The smallest absolute Gasteiger partial charge is 0.188 e. The summed E-state index contributed by atoms with van der Waals surface area (Å²) in [6, 6.07) is 2.05. The third kappa shape index (κ3) is 2.50. The van der Waals surface area contributed by atoms with Crippen LogP contribution in [-0.2, 0) is 0 Å². The number of nitrogens with zero attached hydrogens (tertiary/aromatic N) is 2. The number of hydrogen-bond donors (Lipinski definition) is 1. The highest BCUT2D eigenvalue weighted by Crippen LogP contribution is 2.41. The largest absolute Gasteiger partial charge is 0.315 e. The Kier molecular flexibility index (Phi) is 2.88. The second kappa shape index (κ2) is 4.38. The van der Waals surface area contributed by atoms with Crippen LogP contribution in [0.5, 0.6) is 0 Å². The van der Waals surface area contributed by atoms with Gasteiger partial charge in [0.25, 0.3) is 0 Å². The van der Waals surface area contributed by atoms with E-state index in [1.807, 2.05) is 19.2 Å². The van der Waals surface area contributed by atoms with Gasteiger partial charge in [0.2, 0.25) is 0 Å². The molecule has 0 atom stereocenters. The van der Waals surface area contributed by atoms with E-state index < -0.39 is 0 Å². The number of hydrogen-bond acceptors (Lipinski definition) is 4. The average molecular weight is 310 g/mol. The molecule has 0 aromatic carbocycles. The summed E-state index contributed by atoms with van der Waals surface area (Å²) >= 11 is 5.15. The molecule has 0 unspecified atom stereocenters. The highest BCUT2D eigenvalue weighted by atomic mass is 79.9. The van der Waals surface area contributed by atoms with Crippen molar-refractivity contribution in [3.8, 4) is 0 Å². The fraction of sp³-hybridized carbons (Fsp3) is 0.333. The molecule has 0 aliphatic heterocycles. The van der Waals surface area contributed by atoms with Crippen molar-refractivity contribution in [2.75, 3.05) is 5.32 Å². The van der Waals surface area contributed by atoms with Gasteiger partial charge in [-0.3, -0.25) is 0 Å². The SMILES string of the molecule is Cc1cnc(Nc2nc(C3CC3)cs2)c(Br)c1. The van der Waals surface area contributed by atoms with Gasteiger partial charge in [0.1, 0.15) is 5.82 Å². The minimum absolute atomic E-state index is 0.705. The third-order valence-electron chi connectivity index (χ3n) is 2.72. The summed E-state index contributed by atoms with van der Waals surface area (Å²) in [6.45, 7) is 2.02. The van der Waals surface area contributed by atoms with Gasteiger partial charge in [-0.15, -0.1) is 11.3 Å². The zero-order valence-electron chi connectivity index (χ0n) is 9.40. The van der Waals surface area contributed by atoms with E-state index >= 15 is 0 Å². The van der Waals surface area contributed by atoms with E-state index in [2.05, 4.69) is 36.6 Å². The van der Waals surface area contributed by atoms with Gasteiger partial charge in [-0.05, 0) is 47.3 Å². The van der Waals surface area contributed by atoms with Crippen LogP contribution in [0.2, 0.25) is 0 Å². The lowest BCUT2D eigenvalue weighted by Gasteiger charge is -2.04. The quantitative estimate of drug-likeness (QED) is 0.922. The summed E-state index contributed by atoms with van der Waals surface area (Å²) in [4.78, 5) is 8.93. The number of halogens is 1. The zero-order valence-corrected chi connectivity index (χ0v) is 11.8. The van der Waals surface area contributed by atoms with Gasteiger partial charge in [-0.2, -0.15) is 0 Å². The second-order valence-electron chi connectivity index (χ2n) is 4.32. The number of anilines is 2. The van der Waals surface area contributed by atoms with E-state index in [0.717, 1.165) is 21.0 Å². The summed E-state index contributed by atoms with van der Waals surface area (Å²) in [5, 5.41) is 6.31. The van der Waals surface area contributed by atoms with Crippen molar-refractivity contribution in [1.82, 2.24) is 9.97 Å². The van der Waals surface area contributed by atoms with E-state index in [4.69, 9.17) is 0 Å². The number of aryl methyl sites for hydroxylation is 1. The van der Waals surface area contributed by atoms with Gasteiger partial charge in [-0.1, -0.05) is 0 Å². The van der Waals surface area contributed by atoms with Gasteiger partial charge in [0, 0.05) is 17.5 Å². The molecule has 2 aromatic rings. The Labute approximate surface area is 112 Å². The van der Waals surface area contributed by atoms with E-state index in [9.17, 15) is 0 Å². The maximum Gasteiger partial charge on any atom is 0.188 e. The molecule has 88 valence electrons. The average Bonchev–Trinajstić information content (AvgIpc) is 3.04. The van der Waals surface area contributed by atoms with Crippen LogP contribution in [0.15, 0.2) is 22.1 Å². The Bertz CT molecular complexity index is 548. The van der Waals surface area contributed by atoms with Crippen molar-refractivity contribution in [3.63, 3.8) is 0 Å². The van der Waals surface area contributed by atoms with Crippen molar-refractivity contribution >= 4 is 38.2 Å². The highest BCUT2D eigenvalue weighted by Gasteiger charge is 2.26. The number of aromatic nitrogens is 2. The molecule has 1 fully saturated rings. The first kappa shape index (κ1) is 11.2. The zero-order chi connectivity index (χ0) is 11.8. The highest BCUT2D eigenvalue weighted by molar-refractivity contribution is 9.10. The molecule has 1 aliphatic rings. The standard InChI is InChI=1S/C12H12BrN3S/c1-7-4-9(13)11(14-5-7)16-12-15-10(6-17-12)8-2-3-8/h4-6,8H,2-3H2,1H3,(H,14,15,16). The molecule has 0 bridgehead atoms. The van der Waals surface area contributed by atoms with Crippen LogP contribution in [0.4, 0.5) is 10.9 Å². The van der Waals surface area contributed by atoms with Gasteiger partial charge < -0.3 is 5.32 Å². The molecule has 2 aromatic heterocycles. The topological polar surface area (TPSA) is 37.8 Å². The fourth-order valence-corrected chi connectivity index (χ4v) is 2.99. The van der Waals surface area contributed by atoms with E-state index in [-0.39, 0.29) is 0 Å². The van der Waals surface area contributed by atoms with Crippen molar-refractivity contribution in [1.29, 1.82) is 0 Å². The molecule has 1 aliphatic carbocycles. The first-order valence-electron chi connectivity index (χ1n) is 5.57. The van der Waals surface area contributed by atoms with Crippen molar-refractivity contribution < 1.29 is 0 Å². The Morgan fingerprint density at radius 2 is 2.29 bits per heavy atom. The van der Waals surface area contributed by atoms with Crippen LogP contribution in [-0.4, -0.2) is 9.97 Å². The number of thiazole rings is 1. The van der Waals surface area contributed by atoms with Crippen LogP contribution in [0.25, 0.3) is 0 Å². The predicted molar refractivity (Wildman–Crippen MR) is 74.0 cm³/mol. The molecule has 5 heteroatoms. The molecule has 1 N–H and O–H groups in total. The lowest BCUT2D eigenvalue weighted by atomic mass is 10.3. The summed E-state index contributed by atoms with van der Waals surface area (Å²) < 4.78 is 0.973. The molecular formula is C12H12BrN3S. The van der Waals surface area contributed by atoms with Crippen LogP contribution in [0.3, 0.4) is 0 Å². The molecule has 2 heterocycles. The Morgan fingerprint density at radius 1 is 1.47 bits per heavy atom. The maximum atomic E-state index is 4.58. The van der Waals surface area contributed by atoms with Gasteiger partial charge >= 0.3 is 0 Å². The minimum atomic E-state index is 0.705. The third-order valence-corrected chi connectivity index (χ3v) is 4.10. The van der Waals surface area contributed by atoms with Gasteiger partial charge in [0.15, 0.2) is 5.13 Å². The molecule has 0 amide bonds. The van der Waals surface area contributed by atoms with Crippen LogP contribution in [0.1, 0.15) is 30.0 Å². The van der Waals surface area contributed by atoms with Gasteiger partial charge in [-0.25, -0.2) is 9.97 Å². The Morgan fingerprint density at radius 3 is 3.00 bits per heavy atom. The van der Waals surface area contributed by atoms with E-state index in [1.54, 1.807) is 11.3 Å². The molecular weight excluding hydrogens is 298 g/mol. The monoisotopic (exact) mass is 309 g/mol. The van der Waals surface area contributed by atoms with Crippen LogP contribution in [0, 0.1) is 6.92 Å². The lowest BCUT2D eigenvalue weighted by molar-refractivity contribution is 1.05. The Balaban J connectivity index is 1.80. The van der Waals surface area contributed by atoms with E-state index in [0.29, 0.717) is 5.92 Å². The molecule has 3 rings (SSSR count). The predicted octanol–water partition coefficient (Wildman–Crippen LogP) is 4.23. The number of nitrogens with one attached hydrogen (secondary N) is 1. The normalized spacial score (nSPS) is 14.9. The lowest BCUT2D eigenvalue weighted by Crippen LogP contribution is -1.95. The minimum Gasteiger partial charge on any atom is -0.315 e. The molecule has 0 radical (unpaired) electrons. The molecule has 0 saturated heterocycles. The molecule has 0 spiro atoms. The van der Waals surface area contributed by atoms with Crippen LogP contribution >= 0.6 is 27.3 Å². The summed E-state index contributed by atoms with van der Waals surface area (Å²) in [7, 11) is 0. The van der Waals surface area contributed by atoms with Crippen molar-refractivity contribution in [2.45, 2.75) is 25.7 Å². The summed E-state index contributed by atoms with van der Waals surface area (Å²) in [5.41, 5.74) is 2.36. The fourth-order valence-electron chi connectivity index (χ4n) is 1.64. The van der Waals surface area contributed by atoms with E-state index in [1.165, 1.54) is 18.5 Å². The second-order valence-corrected chi connectivity index (χ2v) is 6.03. The van der Waals surface area contributed by atoms with Crippen molar-refractivity contribution in [3.05, 3.63) is 33.4 Å². The molecule has 3 nitrogen and oxygen atoms in total. The van der Waals surface area contributed by atoms with Crippen LogP contribution < -0.4 is 5.32 Å². The molecule has 17 heavy (non-hydrogen) atoms. The first-order valence-corrected chi connectivity index (χ1v) is 7.24. The molecule has 1 saturated carbocycles. The first-order chi connectivity index (χ1) is 8.22. The van der Waals surface area contributed by atoms with Gasteiger partial charge in [0.05, 0.1) is 10.2 Å². The number of pyridine rings is 1. The maximum absolute atomic E-state index is 4.58. The number of rotatable bonds is 3. The van der Waals surface area contributed by atoms with Crippen molar-refractivity contribution in [2.24, 2.45) is 0 Å². The summed E-state index contributed by atoms with van der Waals surface area (Å²) in [5.74, 6) is 1.53. The Hall–Kier alpha value is -0.940.